The number of likely N-dealkylation sites (tertiary alicyclic amines) is 1. The lowest BCUT2D eigenvalue weighted by Gasteiger charge is -2.20. The Morgan fingerprint density at radius 3 is 2.36 bits per heavy atom. The van der Waals surface area contributed by atoms with Crippen LogP contribution < -0.4 is 5.56 Å². The first kappa shape index (κ1) is 19.8. The van der Waals surface area contributed by atoms with E-state index in [1.54, 1.807) is 6.92 Å². The summed E-state index contributed by atoms with van der Waals surface area (Å²) in [7, 11) is 0. The molecule has 1 saturated heterocycles. The second kappa shape index (κ2) is 7.22. The zero-order valence-electron chi connectivity index (χ0n) is 16.5. The highest BCUT2D eigenvalue weighted by atomic mass is 16.4. The first-order chi connectivity index (χ1) is 13.1. The Hall–Kier alpha value is -2.96. The summed E-state index contributed by atoms with van der Waals surface area (Å²) < 4.78 is 0. The summed E-state index contributed by atoms with van der Waals surface area (Å²) in [4.78, 5) is 46.0. The Bertz CT molecular complexity index is 960. The second-order valence-electron chi connectivity index (χ2n) is 8.30. The van der Waals surface area contributed by atoms with E-state index < -0.39 is 23.4 Å². The first-order valence-electron chi connectivity index (χ1n) is 9.28. The lowest BCUT2D eigenvalue weighted by atomic mass is 9.89. The van der Waals surface area contributed by atoms with Crippen molar-refractivity contribution in [1.82, 2.24) is 14.9 Å². The Morgan fingerprint density at radius 2 is 1.82 bits per heavy atom. The quantitative estimate of drug-likeness (QED) is 0.847. The fourth-order valence-corrected chi connectivity index (χ4v) is 3.61. The maximum absolute atomic E-state index is 13.1. The summed E-state index contributed by atoms with van der Waals surface area (Å²) in [5.41, 5.74) is 0.362. The maximum Gasteiger partial charge on any atom is 0.308 e. The molecule has 1 fully saturated rings. The highest BCUT2D eigenvalue weighted by Crippen LogP contribution is 2.33. The molecule has 0 unspecified atom stereocenters. The third-order valence-electron chi connectivity index (χ3n) is 5.18. The van der Waals surface area contributed by atoms with Gasteiger partial charge in [-0.2, -0.15) is 0 Å². The molecule has 1 aliphatic rings. The first-order valence-corrected chi connectivity index (χ1v) is 9.28. The van der Waals surface area contributed by atoms with Crippen LogP contribution >= 0.6 is 0 Å². The number of nitrogens with one attached hydrogen (secondary N) is 1. The summed E-state index contributed by atoms with van der Waals surface area (Å²) >= 11 is 0. The average molecular weight is 383 g/mol. The third kappa shape index (κ3) is 3.69. The fraction of sp³-hybridized carbons (Fsp3) is 0.429. The molecule has 0 bridgehead atoms. The van der Waals surface area contributed by atoms with Gasteiger partial charge in [0.05, 0.1) is 11.6 Å². The van der Waals surface area contributed by atoms with Crippen molar-refractivity contribution in [3.05, 3.63) is 63.3 Å². The van der Waals surface area contributed by atoms with E-state index in [0.717, 1.165) is 5.56 Å². The molecular weight excluding hydrogens is 358 g/mol. The number of hydrogen-bond donors (Lipinski definition) is 2. The Morgan fingerprint density at radius 1 is 1.18 bits per heavy atom. The minimum atomic E-state index is -0.948. The molecule has 7 nitrogen and oxygen atoms in total. The number of nitrogens with zero attached hydrogens (tertiary/aromatic N) is 2. The number of amides is 1. The van der Waals surface area contributed by atoms with Gasteiger partial charge in [0, 0.05) is 24.4 Å². The van der Waals surface area contributed by atoms with Crippen molar-refractivity contribution in [2.75, 3.05) is 13.1 Å². The van der Waals surface area contributed by atoms with Crippen LogP contribution in [0.15, 0.2) is 35.1 Å². The smallest absolute Gasteiger partial charge is 0.308 e. The van der Waals surface area contributed by atoms with E-state index in [0.29, 0.717) is 11.5 Å². The van der Waals surface area contributed by atoms with Crippen LogP contribution in [0.1, 0.15) is 54.1 Å². The molecular formula is C21H25N3O4. The summed E-state index contributed by atoms with van der Waals surface area (Å²) in [5, 5.41) is 9.63. The monoisotopic (exact) mass is 383 g/mol. The van der Waals surface area contributed by atoms with E-state index in [9.17, 15) is 19.5 Å². The number of carboxylic acids is 1. The van der Waals surface area contributed by atoms with Gasteiger partial charge in [-0.1, -0.05) is 51.1 Å². The van der Waals surface area contributed by atoms with Gasteiger partial charge in [-0.15, -0.1) is 0 Å². The zero-order valence-corrected chi connectivity index (χ0v) is 16.5. The predicted molar refractivity (Wildman–Crippen MR) is 105 cm³/mol. The minimum absolute atomic E-state index is 0.0224. The van der Waals surface area contributed by atoms with Crippen LogP contribution in [0.3, 0.4) is 0 Å². The largest absolute Gasteiger partial charge is 0.481 e. The zero-order chi connectivity index (χ0) is 20.6. The SMILES string of the molecule is Cc1nc(C(C)(C)C)[nH]c(=O)c1C(=O)N1C[C@H](C(=O)O)[C@H](c2ccccc2)C1. The van der Waals surface area contributed by atoms with Crippen molar-refractivity contribution in [2.24, 2.45) is 5.92 Å². The number of H-pyrrole nitrogens is 1. The summed E-state index contributed by atoms with van der Waals surface area (Å²) in [6.07, 6.45) is 0. The van der Waals surface area contributed by atoms with Crippen molar-refractivity contribution >= 4 is 11.9 Å². The Kier molecular flexibility index (Phi) is 5.10. The molecule has 0 radical (unpaired) electrons. The number of carbonyl (C=O) groups excluding carboxylic acids is 1. The van der Waals surface area contributed by atoms with Gasteiger partial charge in [0.1, 0.15) is 11.4 Å². The van der Waals surface area contributed by atoms with Gasteiger partial charge in [0.15, 0.2) is 0 Å². The number of hydrogen-bond acceptors (Lipinski definition) is 4. The number of aliphatic carboxylic acids is 1. The van der Waals surface area contributed by atoms with Gasteiger partial charge in [-0.05, 0) is 12.5 Å². The van der Waals surface area contributed by atoms with E-state index in [1.165, 1.54) is 4.90 Å². The van der Waals surface area contributed by atoms with E-state index in [2.05, 4.69) is 9.97 Å². The fourth-order valence-electron chi connectivity index (χ4n) is 3.61. The number of aromatic amines is 1. The molecule has 28 heavy (non-hydrogen) atoms. The van der Waals surface area contributed by atoms with Crippen LogP contribution in [-0.2, 0) is 10.2 Å². The van der Waals surface area contributed by atoms with Crippen molar-refractivity contribution < 1.29 is 14.7 Å². The van der Waals surface area contributed by atoms with Crippen LogP contribution in [0.25, 0.3) is 0 Å². The van der Waals surface area contributed by atoms with E-state index in [4.69, 9.17) is 0 Å². The number of rotatable bonds is 3. The molecule has 0 saturated carbocycles. The highest BCUT2D eigenvalue weighted by Gasteiger charge is 2.41. The van der Waals surface area contributed by atoms with Gasteiger partial charge in [-0.3, -0.25) is 14.4 Å². The van der Waals surface area contributed by atoms with Gasteiger partial charge < -0.3 is 15.0 Å². The minimum Gasteiger partial charge on any atom is -0.481 e. The molecule has 148 valence electrons. The molecule has 1 aliphatic heterocycles. The summed E-state index contributed by atoms with van der Waals surface area (Å²) in [6, 6.07) is 9.30. The average Bonchev–Trinajstić information content (AvgIpc) is 3.06. The molecule has 2 heterocycles. The number of carboxylic acid groups (broad SMARTS) is 1. The van der Waals surface area contributed by atoms with Gasteiger partial charge in [-0.25, -0.2) is 4.98 Å². The second-order valence-corrected chi connectivity index (χ2v) is 8.30. The number of carbonyl (C=O) groups is 2. The highest BCUT2D eigenvalue weighted by molar-refractivity contribution is 5.95. The van der Waals surface area contributed by atoms with E-state index >= 15 is 0 Å². The predicted octanol–water partition coefficient (Wildman–Crippen LogP) is 2.32. The molecule has 1 amide bonds. The molecule has 0 aliphatic carbocycles. The van der Waals surface area contributed by atoms with Crippen molar-refractivity contribution in [2.45, 2.75) is 39.0 Å². The molecule has 3 rings (SSSR count). The number of benzene rings is 1. The summed E-state index contributed by atoms with van der Waals surface area (Å²) in [5.74, 6) is -1.94. The van der Waals surface area contributed by atoms with E-state index in [-0.39, 0.29) is 30.0 Å². The van der Waals surface area contributed by atoms with Crippen LogP contribution in [0.5, 0.6) is 0 Å². The molecule has 2 N–H and O–H groups in total. The summed E-state index contributed by atoms with van der Waals surface area (Å²) in [6.45, 7) is 7.72. The van der Waals surface area contributed by atoms with Crippen LogP contribution in [0.4, 0.5) is 0 Å². The lowest BCUT2D eigenvalue weighted by Crippen LogP contribution is -2.36. The van der Waals surface area contributed by atoms with Gasteiger partial charge in [0.2, 0.25) is 0 Å². The molecule has 2 aromatic rings. The molecule has 0 spiro atoms. The normalized spacial score (nSPS) is 19.6. The van der Waals surface area contributed by atoms with Crippen LogP contribution in [0, 0.1) is 12.8 Å². The lowest BCUT2D eigenvalue weighted by molar-refractivity contribution is -0.141. The van der Waals surface area contributed by atoms with Gasteiger partial charge >= 0.3 is 5.97 Å². The Labute approximate surface area is 163 Å². The standard InChI is InChI=1S/C21H25N3O4/c1-12-16(17(25)23-20(22-12)21(2,3)4)18(26)24-10-14(15(11-24)19(27)28)13-8-6-5-7-9-13/h5-9,14-15H,10-11H2,1-4H3,(H,27,28)(H,22,23,25)/t14-,15-/m0/s1. The molecule has 1 aromatic carbocycles. The topological polar surface area (TPSA) is 103 Å². The molecule has 1 aromatic heterocycles. The number of aryl methyl sites for hydroxylation is 1. The number of aromatic nitrogens is 2. The molecule has 7 heteroatoms. The van der Waals surface area contributed by atoms with Gasteiger partial charge in [0.25, 0.3) is 11.5 Å². The third-order valence-corrected chi connectivity index (χ3v) is 5.18. The van der Waals surface area contributed by atoms with Crippen LogP contribution in [0.2, 0.25) is 0 Å². The van der Waals surface area contributed by atoms with Crippen molar-refractivity contribution in [1.29, 1.82) is 0 Å². The molecule has 2 atom stereocenters. The van der Waals surface area contributed by atoms with Crippen LogP contribution in [-0.4, -0.2) is 44.9 Å². The van der Waals surface area contributed by atoms with Crippen molar-refractivity contribution in [3.8, 4) is 0 Å². The van der Waals surface area contributed by atoms with E-state index in [1.807, 2.05) is 51.1 Å². The maximum atomic E-state index is 13.1. The van der Waals surface area contributed by atoms with Crippen molar-refractivity contribution in [3.63, 3.8) is 0 Å². The Balaban J connectivity index is 1.93.